The predicted molar refractivity (Wildman–Crippen MR) is 151 cm³/mol. The van der Waals surface area contributed by atoms with Crippen molar-refractivity contribution in [2.24, 2.45) is 0 Å². The van der Waals surface area contributed by atoms with E-state index < -0.39 is 11.5 Å². The number of hydrogen-bond donors (Lipinski definition) is 3. The van der Waals surface area contributed by atoms with Crippen molar-refractivity contribution in [1.82, 2.24) is 10.3 Å². The number of nitrogens with one attached hydrogen (secondary N) is 2. The van der Waals surface area contributed by atoms with E-state index in [9.17, 15) is 14.3 Å². The van der Waals surface area contributed by atoms with E-state index in [1.54, 1.807) is 17.8 Å². The van der Waals surface area contributed by atoms with Crippen LogP contribution in [0.15, 0.2) is 82.5 Å². The lowest BCUT2D eigenvalue weighted by Gasteiger charge is -2.43. The molecule has 7 heteroatoms. The van der Waals surface area contributed by atoms with Gasteiger partial charge in [-0.15, -0.1) is 11.8 Å². The highest BCUT2D eigenvalue weighted by Crippen LogP contribution is 2.44. The minimum absolute atomic E-state index is 0. The van der Waals surface area contributed by atoms with Crippen molar-refractivity contribution in [3.05, 3.63) is 111 Å². The highest BCUT2D eigenvalue weighted by molar-refractivity contribution is 7.98. The second-order valence-corrected chi connectivity index (χ2v) is 10.3. The van der Waals surface area contributed by atoms with Crippen LogP contribution in [0.3, 0.4) is 0 Å². The summed E-state index contributed by atoms with van der Waals surface area (Å²) >= 11 is 1.65. The quantitative estimate of drug-likeness (QED) is 0.290. The van der Waals surface area contributed by atoms with E-state index in [-0.39, 0.29) is 30.9 Å². The molecule has 3 atom stereocenters. The van der Waals surface area contributed by atoms with Gasteiger partial charge in [0.05, 0.1) is 5.60 Å². The molecule has 0 bridgehead atoms. The highest BCUT2D eigenvalue weighted by atomic mass is 32.2. The van der Waals surface area contributed by atoms with Gasteiger partial charge in [0.25, 0.3) is 5.56 Å². The van der Waals surface area contributed by atoms with Gasteiger partial charge in [0.1, 0.15) is 5.82 Å². The topological polar surface area (TPSA) is 65.1 Å². The van der Waals surface area contributed by atoms with Crippen LogP contribution in [-0.4, -0.2) is 28.5 Å². The zero-order valence-electron chi connectivity index (χ0n) is 20.3. The Balaban J connectivity index is 0.00000304. The number of aryl methyl sites for hydroxylation is 1. The van der Waals surface area contributed by atoms with Crippen molar-refractivity contribution in [3.63, 3.8) is 0 Å². The molecule has 1 fully saturated rings. The molecule has 0 saturated carbocycles. The Morgan fingerprint density at radius 3 is 2.58 bits per heavy atom. The number of piperidine rings is 1. The number of H-pyrrole nitrogens is 1. The third kappa shape index (κ3) is 5.11. The van der Waals surface area contributed by atoms with Crippen LogP contribution in [-0.2, 0) is 0 Å². The summed E-state index contributed by atoms with van der Waals surface area (Å²) in [5, 5.41) is 16.7. The fourth-order valence-electron chi connectivity index (χ4n) is 5.47. The molecule has 3 aromatic carbocycles. The molecule has 36 heavy (non-hydrogen) atoms. The summed E-state index contributed by atoms with van der Waals surface area (Å²) in [6.07, 6.45) is 2.92. The lowest BCUT2D eigenvalue weighted by Crippen LogP contribution is -2.49. The lowest BCUT2D eigenvalue weighted by molar-refractivity contribution is -0.0194. The normalized spacial score (nSPS) is 20.6. The van der Waals surface area contributed by atoms with E-state index in [0.717, 1.165) is 32.5 Å². The molecule has 3 N–H and O–H groups in total. The number of rotatable bonds is 5. The zero-order chi connectivity index (χ0) is 24.6. The molecule has 1 aromatic heterocycles. The minimum Gasteiger partial charge on any atom is -0.389 e. The third-order valence-corrected chi connectivity index (χ3v) is 7.90. The van der Waals surface area contributed by atoms with Crippen LogP contribution in [0.25, 0.3) is 10.9 Å². The number of fused-ring (bicyclic) bond motifs is 1. The summed E-state index contributed by atoms with van der Waals surface area (Å²) in [5.41, 5.74) is 2.68. The number of halogens is 1. The third-order valence-electron chi connectivity index (χ3n) is 7.17. The van der Waals surface area contributed by atoms with Crippen molar-refractivity contribution in [2.45, 2.75) is 42.2 Å². The molecule has 0 amide bonds. The molecule has 188 valence electrons. The predicted octanol–water partition coefficient (Wildman–Crippen LogP) is 5.80. The molecular weight excluding hydrogens is 491 g/mol. The summed E-state index contributed by atoms with van der Waals surface area (Å²) in [6, 6.07) is 22.3. The Hall–Kier alpha value is -2.58. The van der Waals surface area contributed by atoms with Crippen LogP contribution in [0.5, 0.6) is 0 Å². The van der Waals surface area contributed by atoms with Gasteiger partial charge >= 0.3 is 0 Å². The molecule has 0 aliphatic carbocycles. The monoisotopic (exact) mass is 522 g/mol. The van der Waals surface area contributed by atoms with E-state index in [0.29, 0.717) is 24.9 Å². The van der Waals surface area contributed by atoms with E-state index in [2.05, 4.69) is 16.4 Å². The molecule has 3 unspecified atom stereocenters. The second-order valence-electron chi connectivity index (χ2n) is 9.42. The van der Waals surface area contributed by atoms with E-state index in [1.165, 1.54) is 12.1 Å². The van der Waals surface area contributed by atoms with Gasteiger partial charge in [-0.25, -0.2) is 4.39 Å². The molecule has 1 aliphatic rings. The van der Waals surface area contributed by atoms with E-state index >= 15 is 0 Å². The SMILES string of the molecule is CSc1ccc2[nH]c(=O)c(C(c3ccccc3)C3(O)CCNC(c4ccc(F)cc4C)C3)cc2c1.S. The van der Waals surface area contributed by atoms with Crippen LogP contribution in [0.4, 0.5) is 4.39 Å². The van der Waals surface area contributed by atoms with Crippen molar-refractivity contribution < 1.29 is 9.50 Å². The van der Waals surface area contributed by atoms with Crippen LogP contribution < -0.4 is 10.9 Å². The average Bonchev–Trinajstić information content (AvgIpc) is 2.85. The Bertz CT molecular complexity index is 1430. The van der Waals surface area contributed by atoms with Crippen molar-refractivity contribution >= 4 is 36.2 Å². The maximum Gasteiger partial charge on any atom is 0.252 e. The number of aliphatic hydroxyl groups is 1. The van der Waals surface area contributed by atoms with Gasteiger partial charge in [-0.1, -0.05) is 36.4 Å². The van der Waals surface area contributed by atoms with E-state index in [4.69, 9.17) is 0 Å². The van der Waals surface area contributed by atoms with Gasteiger partial charge in [0, 0.05) is 27.9 Å². The Morgan fingerprint density at radius 1 is 1.08 bits per heavy atom. The molecular formula is C29H31FN2O2S2. The fourth-order valence-corrected chi connectivity index (χ4v) is 5.92. The smallest absolute Gasteiger partial charge is 0.252 e. The summed E-state index contributed by atoms with van der Waals surface area (Å²) in [7, 11) is 0. The van der Waals surface area contributed by atoms with Gasteiger partial charge in [0.15, 0.2) is 0 Å². The van der Waals surface area contributed by atoms with Crippen molar-refractivity contribution in [2.75, 3.05) is 12.8 Å². The minimum atomic E-state index is -1.17. The highest BCUT2D eigenvalue weighted by Gasteiger charge is 2.44. The van der Waals surface area contributed by atoms with Crippen LogP contribution in [0.2, 0.25) is 0 Å². The average molecular weight is 523 g/mol. The summed E-state index contributed by atoms with van der Waals surface area (Å²) < 4.78 is 13.8. The van der Waals surface area contributed by atoms with Gasteiger partial charge in [-0.3, -0.25) is 4.79 Å². The first kappa shape index (κ1) is 26.5. The first-order valence-electron chi connectivity index (χ1n) is 11.9. The van der Waals surface area contributed by atoms with Crippen molar-refractivity contribution in [1.29, 1.82) is 0 Å². The second kappa shape index (κ2) is 10.8. The molecule has 2 heterocycles. The van der Waals surface area contributed by atoms with Gasteiger partial charge in [-0.2, -0.15) is 13.5 Å². The first-order valence-corrected chi connectivity index (χ1v) is 13.1. The maximum atomic E-state index is 13.8. The Labute approximate surface area is 221 Å². The van der Waals surface area contributed by atoms with Crippen LogP contribution >= 0.6 is 25.3 Å². The number of hydrogen-bond acceptors (Lipinski definition) is 4. The first-order chi connectivity index (χ1) is 16.9. The fraction of sp³-hybridized carbons (Fsp3) is 0.276. The molecule has 4 aromatic rings. The standard InChI is InChI=1S/C29H29FN2O2S.H2S/c1-18-14-21(30)8-10-23(18)26-17-29(34,12-13-31-26)27(19-6-4-3-5-7-19)24-16-20-15-22(35-2)9-11-25(20)32-28(24)33;/h3-11,14-16,26-27,31,34H,12-13,17H2,1-2H3,(H,32,33);1H2. The van der Waals surface area contributed by atoms with E-state index in [1.807, 2.05) is 61.7 Å². The molecule has 5 rings (SSSR count). The van der Waals surface area contributed by atoms with Crippen molar-refractivity contribution in [3.8, 4) is 0 Å². The number of aromatic amines is 1. The molecule has 4 nitrogen and oxygen atoms in total. The molecule has 1 aliphatic heterocycles. The summed E-state index contributed by atoms with van der Waals surface area (Å²) in [5.74, 6) is -0.785. The molecule has 0 radical (unpaired) electrons. The van der Waals surface area contributed by atoms with Gasteiger partial charge < -0.3 is 15.4 Å². The van der Waals surface area contributed by atoms with Gasteiger partial charge in [-0.05, 0) is 91.0 Å². The Morgan fingerprint density at radius 2 is 1.86 bits per heavy atom. The number of aromatic nitrogens is 1. The molecule has 0 spiro atoms. The van der Waals surface area contributed by atoms with Crippen LogP contribution in [0, 0.1) is 12.7 Å². The van der Waals surface area contributed by atoms with Crippen LogP contribution in [0.1, 0.15) is 47.1 Å². The molecule has 1 saturated heterocycles. The number of pyridine rings is 1. The Kier molecular flexibility index (Phi) is 7.95. The summed E-state index contributed by atoms with van der Waals surface area (Å²) in [6.45, 7) is 2.48. The summed E-state index contributed by atoms with van der Waals surface area (Å²) in [4.78, 5) is 17.6. The number of benzene rings is 3. The lowest BCUT2D eigenvalue weighted by atomic mass is 9.70. The zero-order valence-corrected chi connectivity index (χ0v) is 22.2. The number of thioether (sulfide) groups is 1. The maximum absolute atomic E-state index is 13.8. The largest absolute Gasteiger partial charge is 0.389 e. The van der Waals surface area contributed by atoms with Gasteiger partial charge in [0.2, 0.25) is 0 Å².